The third kappa shape index (κ3) is 2.06. The van der Waals surface area contributed by atoms with Crippen molar-refractivity contribution in [3.05, 3.63) is 29.8 Å². The highest BCUT2D eigenvalue weighted by Gasteiger charge is 2.24. The van der Waals surface area contributed by atoms with Crippen molar-refractivity contribution in [2.24, 2.45) is 0 Å². The molecule has 16 heavy (non-hydrogen) atoms. The van der Waals surface area contributed by atoms with E-state index in [9.17, 15) is 0 Å². The van der Waals surface area contributed by atoms with Crippen molar-refractivity contribution in [3.63, 3.8) is 0 Å². The van der Waals surface area contributed by atoms with E-state index in [0.717, 1.165) is 31.7 Å². The predicted molar refractivity (Wildman–Crippen MR) is 61.8 cm³/mol. The minimum absolute atomic E-state index is 0.206. The molecular weight excluding hydrogens is 202 g/mol. The average Bonchev–Trinajstić information content (AvgIpc) is 2.95. The highest BCUT2D eigenvalue weighted by molar-refractivity contribution is 5.37. The van der Waals surface area contributed by atoms with Gasteiger partial charge in [0.2, 0.25) is 0 Å². The summed E-state index contributed by atoms with van der Waals surface area (Å²) in [4.78, 5) is 0. The fourth-order valence-corrected chi connectivity index (χ4v) is 2.36. The molecule has 2 heterocycles. The first-order valence-corrected chi connectivity index (χ1v) is 5.99. The van der Waals surface area contributed by atoms with Crippen LogP contribution in [-0.2, 0) is 11.2 Å². The van der Waals surface area contributed by atoms with Crippen LogP contribution in [0.5, 0.6) is 5.75 Å². The van der Waals surface area contributed by atoms with E-state index in [1.54, 1.807) is 0 Å². The first kappa shape index (κ1) is 10.1. The number of hydrogen-bond acceptors (Lipinski definition) is 3. The molecule has 2 aliphatic heterocycles. The van der Waals surface area contributed by atoms with Crippen molar-refractivity contribution < 1.29 is 9.47 Å². The minimum Gasteiger partial charge on any atom is -0.487 e. The van der Waals surface area contributed by atoms with Crippen LogP contribution in [0, 0.1) is 0 Å². The zero-order valence-electron chi connectivity index (χ0n) is 9.32. The van der Waals surface area contributed by atoms with E-state index in [4.69, 9.17) is 9.47 Å². The largest absolute Gasteiger partial charge is 0.487 e. The number of rotatable bonds is 3. The molecule has 1 saturated heterocycles. The Morgan fingerprint density at radius 1 is 1.38 bits per heavy atom. The van der Waals surface area contributed by atoms with Crippen molar-refractivity contribution in [3.8, 4) is 5.75 Å². The summed E-state index contributed by atoms with van der Waals surface area (Å²) in [5, 5.41) is 3.30. The summed E-state index contributed by atoms with van der Waals surface area (Å²) in [7, 11) is 0. The first-order valence-electron chi connectivity index (χ1n) is 5.99. The molecule has 3 rings (SSSR count). The van der Waals surface area contributed by atoms with Gasteiger partial charge in [-0.1, -0.05) is 18.2 Å². The van der Waals surface area contributed by atoms with E-state index in [-0.39, 0.29) is 6.10 Å². The maximum absolute atomic E-state index is 5.83. The van der Waals surface area contributed by atoms with Gasteiger partial charge in [0.1, 0.15) is 11.9 Å². The molecule has 0 spiro atoms. The van der Waals surface area contributed by atoms with Crippen molar-refractivity contribution in [2.45, 2.75) is 25.0 Å². The zero-order chi connectivity index (χ0) is 10.8. The van der Waals surface area contributed by atoms with E-state index < -0.39 is 0 Å². The lowest BCUT2D eigenvalue weighted by Crippen LogP contribution is -2.26. The normalized spacial score (nSPS) is 27.8. The molecule has 3 heteroatoms. The molecule has 2 aliphatic rings. The van der Waals surface area contributed by atoms with Crippen LogP contribution in [0.2, 0.25) is 0 Å². The van der Waals surface area contributed by atoms with Gasteiger partial charge in [-0.25, -0.2) is 0 Å². The number of benzene rings is 1. The Morgan fingerprint density at radius 3 is 3.12 bits per heavy atom. The molecule has 1 N–H and O–H groups in total. The number of para-hydroxylation sites is 1. The molecule has 2 unspecified atom stereocenters. The number of fused-ring (bicyclic) bond motifs is 1. The van der Waals surface area contributed by atoms with Crippen LogP contribution < -0.4 is 10.1 Å². The van der Waals surface area contributed by atoms with Crippen molar-refractivity contribution >= 4 is 0 Å². The predicted octanol–water partition coefficient (Wildman–Crippen LogP) is 1.37. The number of hydrogen-bond donors (Lipinski definition) is 1. The molecule has 1 aromatic carbocycles. The van der Waals surface area contributed by atoms with Crippen molar-refractivity contribution in [1.82, 2.24) is 5.32 Å². The van der Waals surface area contributed by atoms with E-state index in [1.807, 2.05) is 12.1 Å². The zero-order valence-corrected chi connectivity index (χ0v) is 9.32. The molecule has 0 bridgehead atoms. The van der Waals surface area contributed by atoms with Crippen LogP contribution in [0.1, 0.15) is 12.0 Å². The molecule has 1 fully saturated rings. The summed E-state index contributed by atoms with van der Waals surface area (Å²) in [5.41, 5.74) is 1.31. The average molecular weight is 219 g/mol. The summed E-state index contributed by atoms with van der Waals surface area (Å²) in [6.07, 6.45) is 2.70. The van der Waals surface area contributed by atoms with Crippen LogP contribution >= 0.6 is 0 Å². The molecule has 2 atom stereocenters. The molecule has 86 valence electrons. The van der Waals surface area contributed by atoms with Gasteiger partial charge >= 0.3 is 0 Å². The summed E-state index contributed by atoms with van der Waals surface area (Å²) in [6.45, 7) is 2.77. The summed E-state index contributed by atoms with van der Waals surface area (Å²) in [6, 6.07) is 8.24. The van der Waals surface area contributed by atoms with E-state index in [2.05, 4.69) is 17.4 Å². The van der Waals surface area contributed by atoms with Crippen LogP contribution in [0.4, 0.5) is 0 Å². The topological polar surface area (TPSA) is 30.5 Å². The fourth-order valence-electron chi connectivity index (χ4n) is 2.36. The second-order valence-corrected chi connectivity index (χ2v) is 4.50. The standard InChI is InChI=1S/C13H17NO2/c1-2-4-13-10(3-1)7-12(16-13)9-15-11-5-6-14-8-11/h1-4,11-12,14H,5-9H2. The summed E-state index contributed by atoms with van der Waals surface area (Å²) < 4.78 is 11.7. The van der Waals surface area contributed by atoms with Gasteiger partial charge in [0.05, 0.1) is 12.7 Å². The van der Waals surface area contributed by atoms with Crippen LogP contribution in [0.25, 0.3) is 0 Å². The van der Waals surface area contributed by atoms with Gasteiger partial charge in [-0.3, -0.25) is 0 Å². The molecule has 0 aliphatic carbocycles. The molecule has 0 aromatic heterocycles. The summed E-state index contributed by atoms with van der Waals surface area (Å²) >= 11 is 0. The highest BCUT2D eigenvalue weighted by atomic mass is 16.5. The van der Waals surface area contributed by atoms with Gasteiger partial charge in [0, 0.05) is 13.0 Å². The van der Waals surface area contributed by atoms with Gasteiger partial charge in [-0.15, -0.1) is 0 Å². The van der Waals surface area contributed by atoms with Crippen molar-refractivity contribution in [2.75, 3.05) is 19.7 Å². The third-order valence-electron chi connectivity index (χ3n) is 3.25. The lowest BCUT2D eigenvalue weighted by molar-refractivity contribution is 0.0164. The first-order chi connectivity index (χ1) is 7.92. The van der Waals surface area contributed by atoms with Crippen molar-refractivity contribution in [1.29, 1.82) is 0 Å². The molecule has 0 saturated carbocycles. The third-order valence-corrected chi connectivity index (χ3v) is 3.25. The van der Waals surface area contributed by atoms with Gasteiger partial charge in [0.15, 0.2) is 0 Å². The maximum atomic E-state index is 5.83. The monoisotopic (exact) mass is 219 g/mol. The van der Waals surface area contributed by atoms with E-state index in [0.29, 0.717) is 12.7 Å². The summed E-state index contributed by atoms with van der Waals surface area (Å²) in [5.74, 6) is 1.03. The Labute approximate surface area is 95.8 Å². The second kappa shape index (κ2) is 4.44. The molecule has 0 amide bonds. The maximum Gasteiger partial charge on any atom is 0.126 e. The Morgan fingerprint density at radius 2 is 2.31 bits per heavy atom. The Kier molecular flexibility index (Phi) is 2.80. The minimum atomic E-state index is 0.206. The Hall–Kier alpha value is -1.06. The van der Waals surface area contributed by atoms with Crippen LogP contribution in [0.15, 0.2) is 24.3 Å². The fraction of sp³-hybridized carbons (Fsp3) is 0.538. The second-order valence-electron chi connectivity index (χ2n) is 4.50. The quantitative estimate of drug-likeness (QED) is 0.833. The number of nitrogens with one attached hydrogen (secondary N) is 1. The van der Waals surface area contributed by atoms with E-state index >= 15 is 0 Å². The molecule has 1 aromatic rings. The van der Waals surface area contributed by atoms with Crippen LogP contribution in [0.3, 0.4) is 0 Å². The van der Waals surface area contributed by atoms with Crippen LogP contribution in [-0.4, -0.2) is 31.9 Å². The molecule has 3 nitrogen and oxygen atoms in total. The smallest absolute Gasteiger partial charge is 0.126 e. The molecule has 0 radical (unpaired) electrons. The number of ether oxygens (including phenoxy) is 2. The molecular formula is C13H17NO2. The lowest BCUT2D eigenvalue weighted by Gasteiger charge is -2.15. The van der Waals surface area contributed by atoms with Gasteiger partial charge < -0.3 is 14.8 Å². The van der Waals surface area contributed by atoms with E-state index in [1.165, 1.54) is 5.56 Å². The Bertz CT molecular complexity index is 336. The van der Waals surface area contributed by atoms with Gasteiger partial charge in [-0.05, 0) is 24.6 Å². The van der Waals surface area contributed by atoms with Gasteiger partial charge in [0.25, 0.3) is 0 Å². The Balaban J connectivity index is 1.52. The van der Waals surface area contributed by atoms with Gasteiger partial charge in [-0.2, -0.15) is 0 Å². The lowest BCUT2D eigenvalue weighted by atomic mass is 10.1. The SMILES string of the molecule is c1ccc2c(c1)CC(COC1CCNC1)O2. The highest BCUT2D eigenvalue weighted by Crippen LogP contribution is 2.28.